The zero-order valence-corrected chi connectivity index (χ0v) is 22.2. The molecule has 2 atom stereocenters. The molecule has 0 spiro atoms. The molecule has 198 valence electrons. The monoisotopic (exact) mass is 516 g/mol. The lowest BCUT2D eigenvalue weighted by molar-refractivity contribution is 0.0106. The van der Waals surface area contributed by atoms with Crippen molar-refractivity contribution >= 4 is 22.1 Å². The van der Waals surface area contributed by atoms with E-state index in [4.69, 9.17) is 14.5 Å². The van der Waals surface area contributed by atoms with E-state index in [1.165, 1.54) is 0 Å². The Bertz CT molecular complexity index is 1710. The third-order valence-electron chi connectivity index (χ3n) is 7.47. The van der Waals surface area contributed by atoms with E-state index in [0.29, 0.717) is 11.5 Å². The van der Waals surface area contributed by atoms with E-state index in [0.717, 1.165) is 58.1 Å². The van der Waals surface area contributed by atoms with Gasteiger partial charge < -0.3 is 19.6 Å². The van der Waals surface area contributed by atoms with Crippen LogP contribution in [-0.2, 0) is 18.8 Å². The maximum atomic E-state index is 13.7. The first-order valence-corrected chi connectivity index (χ1v) is 12.9. The minimum atomic E-state index is -0.0668. The van der Waals surface area contributed by atoms with Crippen LogP contribution >= 0.6 is 0 Å². The van der Waals surface area contributed by atoms with Crippen LogP contribution in [0.2, 0.25) is 0 Å². The van der Waals surface area contributed by atoms with Crippen LogP contribution in [-0.4, -0.2) is 53.3 Å². The third kappa shape index (κ3) is 3.78. The molecule has 0 radical (unpaired) electrons. The number of pyridine rings is 1. The van der Waals surface area contributed by atoms with Crippen molar-refractivity contribution < 1.29 is 14.6 Å². The normalized spacial score (nSPS) is 17.8. The van der Waals surface area contributed by atoms with Crippen LogP contribution in [0.3, 0.4) is 0 Å². The zero-order valence-electron chi connectivity index (χ0n) is 22.2. The Morgan fingerprint density at radius 2 is 1.92 bits per heavy atom. The molecule has 0 bridgehead atoms. The molecule has 1 fully saturated rings. The predicted molar refractivity (Wildman–Crippen MR) is 146 cm³/mol. The number of aryl methyl sites for hydroxylation is 2. The van der Waals surface area contributed by atoms with Gasteiger partial charge in [0.15, 0.2) is 0 Å². The largest absolute Gasteiger partial charge is 0.508 e. The van der Waals surface area contributed by atoms with Gasteiger partial charge in [-0.3, -0.25) is 13.8 Å². The summed E-state index contributed by atoms with van der Waals surface area (Å²) in [6.07, 6.45) is 6.47. The Morgan fingerprint density at radius 1 is 1.16 bits per heavy atom. The molecule has 1 aromatic carbocycles. The summed E-state index contributed by atoms with van der Waals surface area (Å²) in [5, 5.41) is 15.3. The topological polar surface area (TPSA) is 112 Å². The minimum absolute atomic E-state index is 0.0134. The summed E-state index contributed by atoms with van der Waals surface area (Å²) >= 11 is 0. The number of fused-ring (bicyclic) bond motifs is 3. The van der Waals surface area contributed by atoms with Crippen molar-refractivity contribution in [3.63, 3.8) is 0 Å². The van der Waals surface area contributed by atoms with Crippen LogP contribution in [0, 0.1) is 0 Å². The molecule has 0 saturated heterocycles. The lowest BCUT2D eigenvalue weighted by Crippen LogP contribution is -2.25. The molecule has 6 rings (SSSR count). The number of H-pyrrole nitrogens is 1. The molecule has 10 nitrogen and oxygen atoms in total. The number of nitrogens with one attached hydrogen (secondary N) is 1. The van der Waals surface area contributed by atoms with Crippen molar-refractivity contribution in [1.82, 2.24) is 28.9 Å². The molecular formula is C28H32N6O4. The van der Waals surface area contributed by atoms with E-state index < -0.39 is 0 Å². The summed E-state index contributed by atoms with van der Waals surface area (Å²) in [6, 6.07) is 7.08. The van der Waals surface area contributed by atoms with Crippen LogP contribution < -0.4 is 10.4 Å². The van der Waals surface area contributed by atoms with Crippen LogP contribution in [0.4, 0.5) is 0 Å². The van der Waals surface area contributed by atoms with Crippen LogP contribution in [0.5, 0.6) is 11.6 Å². The number of hydrogen-bond acceptors (Lipinski definition) is 6. The average molecular weight is 517 g/mol. The number of phenolic OH excluding ortho intramolecular Hbond substituents is 1. The maximum absolute atomic E-state index is 13.7. The molecule has 1 unspecified atom stereocenters. The highest BCUT2D eigenvalue weighted by molar-refractivity contribution is 6.14. The lowest BCUT2D eigenvalue weighted by atomic mass is 9.99. The van der Waals surface area contributed by atoms with Crippen molar-refractivity contribution in [3.05, 3.63) is 47.1 Å². The predicted octanol–water partition coefficient (Wildman–Crippen LogP) is 4.52. The fourth-order valence-electron chi connectivity index (χ4n) is 5.89. The quantitative estimate of drug-likeness (QED) is 0.343. The second-order valence-electron chi connectivity index (χ2n) is 10.3. The first-order chi connectivity index (χ1) is 18.3. The molecule has 4 heterocycles. The number of imidazole rings is 1. The van der Waals surface area contributed by atoms with Crippen LogP contribution in [0.25, 0.3) is 44.5 Å². The van der Waals surface area contributed by atoms with Crippen molar-refractivity contribution in [1.29, 1.82) is 0 Å². The molecule has 2 N–H and O–H groups in total. The standard InChI is InChI=1S/C28H32N6O4/c1-15(2)38-19-11-8-17(12-19)34-25-21(33(4)28(34)36)13-29-26-23(25)22(16-6-9-18(35)10-7-16)24(30-26)20-14-32(3)31-27(20)37-5/h6-7,9-10,13-15,17,19,35H,8,11-12H2,1-5H3,(H,29,30)/t17?,19-/m0/s1. The number of aromatic amines is 1. The average Bonchev–Trinajstić information content (AvgIpc) is 3.64. The molecule has 1 aliphatic rings. The van der Waals surface area contributed by atoms with Gasteiger partial charge in [0.25, 0.3) is 0 Å². The lowest BCUT2D eigenvalue weighted by Gasteiger charge is -2.16. The van der Waals surface area contributed by atoms with Crippen molar-refractivity contribution in [2.75, 3.05) is 7.11 Å². The highest BCUT2D eigenvalue weighted by Crippen LogP contribution is 2.44. The van der Waals surface area contributed by atoms with Crippen LogP contribution in [0.1, 0.15) is 39.2 Å². The molecule has 10 heteroatoms. The Labute approximate surface area is 219 Å². The van der Waals surface area contributed by atoms with Gasteiger partial charge in [0, 0.05) is 31.9 Å². The molecule has 38 heavy (non-hydrogen) atoms. The summed E-state index contributed by atoms with van der Waals surface area (Å²) in [5.41, 5.74) is 5.50. The molecule has 1 aliphatic carbocycles. The highest BCUT2D eigenvalue weighted by Gasteiger charge is 2.32. The summed E-state index contributed by atoms with van der Waals surface area (Å²) in [4.78, 5) is 21.9. The number of methoxy groups -OCH3 is 1. The van der Waals surface area contributed by atoms with Gasteiger partial charge in [-0.15, -0.1) is 5.10 Å². The zero-order chi connectivity index (χ0) is 26.7. The van der Waals surface area contributed by atoms with Gasteiger partial charge in [0.1, 0.15) is 11.4 Å². The fraction of sp³-hybridized carbons (Fsp3) is 0.393. The van der Waals surface area contributed by atoms with Gasteiger partial charge in [-0.2, -0.15) is 0 Å². The number of ether oxygens (including phenoxy) is 2. The third-order valence-corrected chi connectivity index (χ3v) is 7.47. The Balaban J connectivity index is 1.68. The van der Waals surface area contributed by atoms with Gasteiger partial charge in [0.2, 0.25) is 5.88 Å². The van der Waals surface area contributed by atoms with E-state index >= 15 is 0 Å². The van der Waals surface area contributed by atoms with Gasteiger partial charge >= 0.3 is 5.69 Å². The smallest absolute Gasteiger partial charge is 0.329 e. The van der Waals surface area contributed by atoms with Crippen molar-refractivity contribution in [3.8, 4) is 34.0 Å². The number of nitrogens with zero attached hydrogens (tertiary/aromatic N) is 5. The van der Waals surface area contributed by atoms with Crippen molar-refractivity contribution in [2.45, 2.75) is 51.4 Å². The van der Waals surface area contributed by atoms with Gasteiger partial charge in [-0.25, -0.2) is 9.78 Å². The van der Waals surface area contributed by atoms with E-state index in [2.05, 4.69) is 10.1 Å². The second-order valence-corrected chi connectivity index (χ2v) is 10.3. The summed E-state index contributed by atoms with van der Waals surface area (Å²) in [6.45, 7) is 4.09. The van der Waals surface area contributed by atoms with Crippen LogP contribution in [0.15, 0.2) is 41.5 Å². The molecular weight excluding hydrogens is 484 g/mol. The number of aromatic hydroxyl groups is 1. The van der Waals surface area contributed by atoms with E-state index in [1.807, 2.05) is 43.8 Å². The number of rotatable bonds is 6. The minimum Gasteiger partial charge on any atom is -0.508 e. The summed E-state index contributed by atoms with van der Waals surface area (Å²) in [5.74, 6) is 0.654. The summed E-state index contributed by atoms with van der Waals surface area (Å²) < 4.78 is 17.0. The summed E-state index contributed by atoms with van der Waals surface area (Å²) in [7, 11) is 5.23. The molecule has 0 amide bonds. The molecule has 4 aromatic heterocycles. The second kappa shape index (κ2) is 9.05. The highest BCUT2D eigenvalue weighted by atomic mass is 16.5. The number of benzene rings is 1. The Morgan fingerprint density at radius 3 is 2.63 bits per heavy atom. The molecule has 1 saturated carbocycles. The van der Waals surface area contributed by atoms with Gasteiger partial charge in [-0.1, -0.05) is 12.1 Å². The maximum Gasteiger partial charge on any atom is 0.329 e. The molecule has 0 aliphatic heterocycles. The first kappa shape index (κ1) is 24.3. The molecule has 5 aromatic rings. The number of aromatic nitrogens is 6. The SMILES string of the molecule is COc1nn(C)cc1-c1[nH]c2ncc3c(c2c1-c1ccc(O)cc1)n(C1CC[C@H](OC(C)C)C1)c(=O)n3C. The Hall–Kier alpha value is -4.05. The first-order valence-electron chi connectivity index (χ1n) is 12.9. The van der Waals surface area contributed by atoms with E-state index in [9.17, 15) is 9.90 Å². The van der Waals surface area contributed by atoms with Crippen molar-refractivity contribution in [2.24, 2.45) is 14.1 Å². The van der Waals surface area contributed by atoms with Gasteiger partial charge in [0.05, 0.1) is 53.2 Å². The Kier molecular flexibility index (Phi) is 5.79. The van der Waals surface area contributed by atoms with Gasteiger partial charge in [-0.05, 0) is 50.8 Å². The van der Waals surface area contributed by atoms with E-state index in [1.54, 1.807) is 41.7 Å². The number of phenols is 1. The van der Waals surface area contributed by atoms with E-state index in [-0.39, 0.29) is 29.7 Å². The number of hydrogen-bond donors (Lipinski definition) is 2. The fourth-order valence-corrected chi connectivity index (χ4v) is 5.89.